The second-order valence-electron chi connectivity index (χ2n) is 6.64. The number of carbonyl (C=O) groups is 1. The van der Waals surface area contributed by atoms with E-state index >= 15 is 0 Å². The molecule has 0 aliphatic carbocycles. The normalized spacial score (nSPS) is 10.7. The average Bonchev–Trinajstić information content (AvgIpc) is 2.79. The van der Waals surface area contributed by atoms with Gasteiger partial charge in [-0.1, -0.05) is 30.3 Å². The van der Waals surface area contributed by atoms with Gasteiger partial charge in [-0.25, -0.2) is 4.39 Å². The molecule has 0 unspecified atom stereocenters. The van der Waals surface area contributed by atoms with Gasteiger partial charge in [-0.3, -0.25) is 9.59 Å². The van der Waals surface area contributed by atoms with Crippen molar-refractivity contribution in [2.24, 2.45) is 0 Å². The molecule has 4 aromatic rings. The predicted octanol–water partition coefficient (Wildman–Crippen LogP) is 5.34. The molecule has 7 heteroatoms. The fourth-order valence-corrected chi connectivity index (χ4v) is 4.39. The summed E-state index contributed by atoms with van der Waals surface area (Å²) in [6.07, 6.45) is 0. The molecule has 1 heterocycles. The van der Waals surface area contributed by atoms with Crippen LogP contribution in [0.2, 0.25) is 0 Å². The number of benzene rings is 3. The minimum absolute atomic E-state index is 0.103. The van der Waals surface area contributed by atoms with Crippen LogP contribution < -0.4 is 20.2 Å². The molecule has 0 atom stereocenters. The number of fused-ring (bicyclic) bond motifs is 1. The van der Waals surface area contributed by atoms with E-state index in [9.17, 15) is 14.0 Å². The minimum atomic E-state index is -0.638. The molecule has 0 spiro atoms. The highest BCUT2D eigenvalue weighted by Crippen LogP contribution is 2.37. The minimum Gasteiger partial charge on any atom is -0.493 e. The zero-order chi connectivity index (χ0) is 22.0. The Bertz CT molecular complexity index is 1350. The summed E-state index contributed by atoms with van der Waals surface area (Å²) in [5.74, 6) is -0.310. The highest BCUT2D eigenvalue weighted by Gasteiger charge is 2.20. The Kier molecular flexibility index (Phi) is 5.68. The van der Waals surface area contributed by atoms with Crippen molar-refractivity contribution in [3.8, 4) is 22.6 Å². The third-order valence-corrected chi connectivity index (χ3v) is 5.90. The molecule has 0 saturated heterocycles. The molecule has 5 nitrogen and oxygen atoms in total. The molecule has 0 bridgehead atoms. The molecule has 1 amide bonds. The maximum atomic E-state index is 14.1. The maximum absolute atomic E-state index is 14.1. The van der Waals surface area contributed by atoms with Gasteiger partial charge in [0, 0.05) is 10.1 Å². The highest BCUT2D eigenvalue weighted by molar-refractivity contribution is 7.22. The van der Waals surface area contributed by atoms with Crippen LogP contribution in [0.3, 0.4) is 0 Å². The lowest BCUT2D eigenvalue weighted by Crippen LogP contribution is -2.16. The number of ether oxygens (including phenoxy) is 2. The van der Waals surface area contributed by atoms with Crippen molar-refractivity contribution in [3.05, 3.63) is 88.3 Å². The molecular weight excluding hydrogens is 417 g/mol. The van der Waals surface area contributed by atoms with E-state index in [1.807, 2.05) is 6.07 Å². The van der Waals surface area contributed by atoms with Crippen molar-refractivity contribution in [1.29, 1.82) is 0 Å². The largest absolute Gasteiger partial charge is 0.493 e. The maximum Gasteiger partial charge on any atom is 0.259 e. The van der Waals surface area contributed by atoms with E-state index in [4.69, 9.17) is 9.47 Å². The zero-order valence-electron chi connectivity index (χ0n) is 16.8. The third kappa shape index (κ3) is 3.87. The van der Waals surface area contributed by atoms with E-state index in [0.29, 0.717) is 37.7 Å². The summed E-state index contributed by atoms with van der Waals surface area (Å²) in [5, 5.41) is 3.58. The van der Waals surface area contributed by atoms with E-state index in [1.54, 1.807) is 42.5 Å². The summed E-state index contributed by atoms with van der Waals surface area (Å²) < 4.78 is 25.5. The van der Waals surface area contributed by atoms with Crippen molar-refractivity contribution in [2.45, 2.75) is 0 Å². The first-order valence-corrected chi connectivity index (χ1v) is 10.2. The van der Waals surface area contributed by atoms with Crippen LogP contribution >= 0.6 is 11.3 Å². The summed E-state index contributed by atoms with van der Waals surface area (Å²) in [6, 6.07) is 17.9. The number of hydrogen-bond donors (Lipinski definition) is 1. The smallest absolute Gasteiger partial charge is 0.259 e. The Morgan fingerprint density at radius 2 is 1.65 bits per heavy atom. The Hall–Kier alpha value is -3.71. The molecular formula is C24H18FNO4S. The van der Waals surface area contributed by atoms with Gasteiger partial charge in [-0.05, 0) is 42.0 Å². The number of rotatable bonds is 5. The first kappa shape index (κ1) is 20.6. The molecule has 1 N–H and O–H groups in total. The molecule has 4 rings (SSSR count). The molecule has 31 heavy (non-hydrogen) atoms. The fourth-order valence-electron chi connectivity index (χ4n) is 3.30. The van der Waals surface area contributed by atoms with Gasteiger partial charge in [-0.15, -0.1) is 11.3 Å². The van der Waals surface area contributed by atoms with Crippen LogP contribution in [-0.2, 0) is 0 Å². The number of anilines is 1. The van der Waals surface area contributed by atoms with E-state index < -0.39 is 11.7 Å². The van der Waals surface area contributed by atoms with Crippen LogP contribution in [0, 0.1) is 5.82 Å². The third-order valence-electron chi connectivity index (χ3n) is 4.82. The number of nitrogens with one attached hydrogen (secondary N) is 1. The van der Waals surface area contributed by atoms with Crippen LogP contribution in [-0.4, -0.2) is 20.1 Å². The summed E-state index contributed by atoms with van der Waals surface area (Å²) in [7, 11) is 3.03. The number of halogens is 1. The van der Waals surface area contributed by atoms with E-state index in [-0.39, 0.29) is 11.0 Å². The van der Waals surface area contributed by atoms with Gasteiger partial charge in [-0.2, -0.15) is 0 Å². The molecule has 0 saturated carbocycles. The predicted molar refractivity (Wildman–Crippen MR) is 121 cm³/mol. The monoisotopic (exact) mass is 435 g/mol. The fraction of sp³-hybridized carbons (Fsp3) is 0.0833. The lowest BCUT2D eigenvalue weighted by Gasteiger charge is -2.14. The number of hydrogen-bond acceptors (Lipinski definition) is 5. The summed E-state index contributed by atoms with van der Waals surface area (Å²) in [6.45, 7) is 0. The van der Waals surface area contributed by atoms with Crippen LogP contribution in [0.4, 0.5) is 9.39 Å². The quantitative estimate of drug-likeness (QED) is 0.460. The van der Waals surface area contributed by atoms with Crippen molar-refractivity contribution in [2.75, 3.05) is 19.5 Å². The second-order valence-corrected chi connectivity index (χ2v) is 7.69. The first-order valence-electron chi connectivity index (χ1n) is 9.37. The van der Waals surface area contributed by atoms with Crippen molar-refractivity contribution in [3.63, 3.8) is 0 Å². The highest BCUT2D eigenvalue weighted by atomic mass is 32.1. The lowest BCUT2D eigenvalue weighted by molar-refractivity contribution is 0.102. The Labute approximate surface area is 181 Å². The van der Waals surface area contributed by atoms with Gasteiger partial charge in [0.05, 0.1) is 25.3 Å². The van der Waals surface area contributed by atoms with Crippen LogP contribution in [0.5, 0.6) is 11.5 Å². The average molecular weight is 435 g/mol. The SMILES string of the molecule is COc1ccc(-c2c(NC(=O)c3ccccc3F)sc3ccccc3c2=O)cc1OC. The molecule has 156 valence electrons. The van der Waals surface area contributed by atoms with Gasteiger partial charge in [0.2, 0.25) is 0 Å². The Morgan fingerprint density at radius 1 is 0.935 bits per heavy atom. The van der Waals surface area contributed by atoms with Gasteiger partial charge in [0.15, 0.2) is 16.9 Å². The number of methoxy groups -OCH3 is 2. The van der Waals surface area contributed by atoms with Gasteiger partial charge < -0.3 is 14.8 Å². The summed E-state index contributed by atoms with van der Waals surface area (Å²) >= 11 is 1.25. The van der Waals surface area contributed by atoms with E-state index in [1.165, 1.54) is 43.8 Å². The Balaban J connectivity index is 1.91. The Morgan fingerprint density at radius 3 is 2.39 bits per heavy atom. The molecule has 1 aromatic heterocycles. The molecule has 0 aliphatic rings. The summed E-state index contributed by atoms with van der Waals surface area (Å²) in [5.41, 5.74) is 0.502. The molecule has 0 aliphatic heterocycles. The van der Waals surface area contributed by atoms with Crippen LogP contribution in [0.1, 0.15) is 10.4 Å². The van der Waals surface area contributed by atoms with Crippen LogP contribution in [0.25, 0.3) is 21.2 Å². The van der Waals surface area contributed by atoms with Crippen molar-refractivity contribution < 1.29 is 18.7 Å². The van der Waals surface area contributed by atoms with E-state index in [0.717, 1.165) is 0 Å². The van der Waals surface area contributed by atoms with Crippen LogP contribution in [0.15, 0.2) is 71.5 Å². The topological polar surface area (TPSA) is 64.6 Å². The van der Waals surface area contributed by atoms with Gasteiger partial charge in [0.25, 0.3) is 5.91 Å². The molecule has 0 radical (unpaired) electrons. The standard InChI is InChI=1S/C24H18FNO4S/c1-29-18-12-11-14(13-19(18)30-2)21-22(27)16-8-4-6-10-20(16)31-24(21)26-23(28)15-7-3-5-9-17(15)25/h3-13H,1-2H3,(H,26,28). The number of carbonyl (C=O) groups excluding carboxylic acids is 1. The lowest BCUT2D eigenvalue weighted by atomic mass is 10.0. The van der Waals surface area contributed by atoms with Gasteiger partial charge >= 0.3 is 0 Å². The van der Waals surface area contributed by atoms with Crippen molar-refractivity contribution in [1.82, 2.24) is 0 Å². The zero-order valence-corrected chi connectivity index (χ0v) is 17.6. The van der Waals surface area contributed by atoms with Crippen molar-refractivity contribution >= 4 is 32.3 Å². The first-order chi connectivity index (χ1) is 15.0. The summed E-state index contributed by atoms with van der Waals surface area (Å²) in [4.78, 5) is 26.2. The van der Waals surface area contributed by atoms with E-state index in [2.05, 4.69) is 5.32 Å². The number of amides is 1. The second kappa shape index (κ2) is 8.57. The van der Waals surface area contributed by atoms with Gasteiger partial charge in [0.1, 0.15) is 10.8 Å². The molecule has 0 fully saturated rings. The molecule has 3 aromatic carbocycles.